The highest BCUT2D eigenvalue weighted by atomic mass is 16.4. The standard InChI is InChI=1S/C28H48O5/c1-15(2)19(26(32)33)7-6-16(3)20-8-9-21-25-22(14-24(31)28(20,21)5)27(4)11-10-18(29)12-17(27)13-23(25)30/h15-25,29-31H,6-14H2,1-5H3,(H,32,33)/t16-,17+,18-,19?,20-,21+,22+,23-,24+,25+,27+,28-/m1/s1. The molecule has 4 rings (SSSR count). The first kappa shape index (κ1) is 25.4. The van der Waals surface area contributed by atoms with Gasteiger partial charge >= 0.3 is 5.97 Å². The number of carboxylic acid groups (broad SMARTS) is 1. The van der Waals surface area contributed by atoms with E-state index in [-0.39, 0.29) is 46.9 Å². The summed E-state index contributed by atoms with van der Waals surface area (Å²) in [5.41, 5.74) is -0.114. The van der Waals surface area contributed by atoms with Crippen LogP contribution in [0.25, 0.3) is 0 Å². The van der Waals surface area contributed by atoms with E-state index < -0.39 is 5.97 Å². The molecule has 0 aromatic rings. The lowest BCUT2D eigenvalue weighted by molar-refractivity contribution is -0.207. The molecule has 0 bridgehead atoms. The molecule has 4 aliphatic rings. The first-order valence-corrected chi connectivity index (χ1v) is 13.7. The first-order chi connectivity index (χ1) is 15.4. The van der Waals surface area contributed by atoms with Gasteiger partial charge in [0.25, 0.3) is 0 Å². The van der Waals surface area contributed by atoms with Crippen LogP contribution in [0.2, 0.25) is 0 Å². The van der Waals surface area contributed by atoms with Crippen LogP contribution in [0.3, 0.4) is 0 Å². The smallest absolute Gasteiger partial charge is 0.306 e. The second-order valence-electron chi connectivity index (χ2n) is 13.3. The fourth-order valence-electron chi connectivity index (χ4n) is 9.52. The molecule has 5 nitrogen and oxygen atoms in total. The fraction of sp³-hybridized carbons (Fsp3) is 0.964. The van der Waals surface area contributed by atoms with E-state index >= 15 is 0 Å². The lowest BCUT2D eigenvalue weighted by Crippen LogP contribution is -2.62. The number of hydrogen-bond donors (Lipinski definition) is 4. The van der Waals surface area contributed by atoms with Crippen LogP contribution < -0.4 is 0 Å². The molecule has 4 aliphatic carbocycles. The van der Waals surface area contributed by atoms with Gasteiger partial charge in [0, 0.05) is 0 Å². The van der Waals surface area contributed by atoms with E-state index in [4.69, 9.17) is 0 Å². The minimum absolute atomic E-state index is 0.0983. The average molecular weight is 465 g/mol. The van der Waals surface area contributed by atoms with Crippen molar-refractivity contribution in [1.82, 2.24) is 0 Å². The number of aliphatic carboxylic acids is 1. The summed E-state index contributed by atoms with van der Waals surface area (Å²) in [6.45, 7) is 10.9. The Kier molecular flexibility index (Phi) is 7.01. The number of fused-ring (bicyclic) bond motifs is 5. The van der Waals surface area contributed by atoms with Gasteiger partial charge in [-0.25, -0.2) is 0 Å². The van der Waals surface area contributed by atoms with Crippen molar-refractivity contribution < 1.29 is 25.2 Å². The van der Waals surface area contributed by atoms with Crippen LogP contribution in [0.4, 0.5) is 0 Å². The summed E-state index contributed by atoms with van der Waals surface area (Å²) in [7, 11) is 0. The number of aliphatic hydroxyl groups excluding tert-OH is 3. The topological polar surface area (TPSA) is 98.0 Å². The molecule has 0 saturated heterocycles. The van der Waals surface area contributed by atoms with Crippen LogP contribution in [0.1, 0.15) is 92.4 Å². The quantitative estimate of drug-likeness (QED) is 0.456. The van der Waals surface area contributed by atoms with E-state index in [1.54, 1.807) is 0 Å². The van der Waals surface area contributed by atoms with E-state index in [0.29, 0.717) is 36.0 Å². The molecule has 0 aromatic heterocycles. The normalized spacial score (nSPS) is 49.1. The molecule has 0 amide bonds. The van der Waals surface area contributed by atoms with E-state index in [1.165, 1.54) is 0 Å². The van der Waals surface area contributed by atoms with Crippen molar-refractivity contribution in [2.45, 2.75) is 111 Å². The highest BCUT2D eigenvalue weighted by Gasteiger charge is 2.65. The van der Waals surface area contributed by atoms with Crippen molar-refractivity contribution in [3.63, 3.8) is 0 Å². The minimum Gasteiger partial charge on any atom is -0.481 e. The fourth-order valence-corrected chi connectivity index (χ4v) is 9.52. The third-order valence-electron chi connectivity index (χ3n) is 11.6. The number of carboxylic acids is 1. The molecule has 4 fully saturated rings. The SMILES string of the molecule is CC(C)C(CC[C@@H](C)[C@H]1CC[C@H]2[C@@H]3[C@H](O)C[C@@H]4C[C@H](O)CC[C@]4(C)[C@H]3C[C@H](O)[C@]12C)C(=O)O. The van der Waals surface area contributed by atoms with Crippen LogP contribution in [0.5, 0.6) is 0 Å². The highest BCUT2D eigenvalue weighted by molar-refractivity contribution is 5.70. The van der Waals surface area contributed by atoms with Crippen molar-refractivity contribution >= 4 is 5.97 Å². The maximum absolute atomic E-state index is 11.7. The van der Waals surface area contributed by atoms with E-state index in [1.807, 2.05) is 13.8 Å². The minimum atomic E-state index is -0.695. The number of aliphatic hydroxyl groups is 3. The first-order valence-electron chi connectivity index (χ1n) is 13.7. The summed E-state index contributed by atoms with van der Waals surface area (Å²) in [5.74, 6) is 1.06. The zero-order valence-corrected chi connectivity index (χ0v) is 21.4. The van der Waals surface area contributed by atoms with Gasteiger partial charge in [-0.1, -0.05) is 34.6 Å². The largest absolute Gasteiger partial charge is 0.481 e. The Labute approximate surface area is 200 Å². The summed E-state index contributed by atoms with van der Waals surface area (Å²) in [4.78, 5) is 11.7. The van der Waals surface area contributed by atoms with Gasteiger partial charge in [0.05, 0.1) is 24.2 Å². The van der Waals surface area contributed by atoms with Gasteiger partial charge < -0.3 is 20.4 Å². The number of rotatable bonds is 6. The van der Waals surface area contributed by atoms with Gasteiger partial charge in [-0.05, 0) is 110 Å². The Bertz CT molecular complexity index is 723. The van der Waals surface area contributed by atoms with Gasteiger partial charge in [-0.3, -0.25) is 4.79 Å². The molecule has 0 radical (unpaired) electrons. The Morgan fingerprint density at radius 2 is 1.64 bits per heavy atom. The number of hydrogen-bond acceptors (Lipinski definition) is 4. The second kappa shape index (κ2) is 9.09. The third kappa shape index (κ3) is 4.08. The maximum atomic E-state index is 11.7. The van der Waals surface area contributed by atoms with Crippen molar-refractivity contribution in [2.75, 3.05) is 0 Å². The van der Waals surface area contributed by atoms with Crippen LogP contribution >= 0.6 is 0 Å². The van der Waals surface area contributed by atoms with E-state index in [9.17, 15) is 25.2 Å². The molecule has 1 unspecified atom stereocenters. The van der Waals surface area contributed by atoms with Crippen LogP contribution in [-0.4, -0.2) is 44.7 Å². The Morgan fingerprint density at radius 3 is 2.27 bits per heavy atom. The van der Waals surface area contributed by atoms with Crippen LogP contribution in [0, 0.1) is 58.2 Å². The molecular formula is C28H48O5. The van der Waals surface area contributed by atoms with Gasteiger partial charge in [-0.15, -0.1) is 0 Å². The summed E-state index contributed by atoms with van der Waals surface area (Å²) < 4.78 is 0. The molecule has 0 heterocycles. The van der Waals surface area contributed by atoms with E-state index in [2.05, 4.69) is 20.8 Å². The third-order valence-corrected chi connectivity index (χ3v) is 11.6. The molecule has 0 aromatic carbocycles. The Morgan fingerprint density at radius 1 is 0.939 bits per heavy atom. The van der Waals surface area contributed by atoms with Crippen LogP contribution in [0.15, 0.2) is 0 Å². The molecule has 0 aliphatic heterocycles. The zero-order chi connectivity index (χ0) is 24.3. The monoisotopic (exact) mass is 464 g/mol. The predicted octanol–water partition coefficient (Wildman–Crippen LogP) is 4.72. The lowest BCUT2D eigenvalue weighted by atomic mass is 9.43. The molecule has 190 valence electrons. The zero-order valence-electron chi connectivity index (χ0n) is 21.4. The van der Waals surface area contributed by atoms with Crippen molar-refractivity contribution in [3.05, 3.63) is 0 Å². The Balaban J connectivity index is 1.54. The van der Waals surface area contributed by atoms with Crippen LogP contribution in [-0.2, 0) is 4.79 Å². The molecule has 12 atom stereocenters. The average Bonchev–Trinajstić information content (AvgIpc) is 3.08. The summed E-state index contributed by atoms with van der Waals surface area (Å²) in [5, 5.41) is 42.9. The van der Waals surface area contributed by atoms with Gasteiger partial charge in [0.15, 0.2) is 0 Å². The summed E-state index contributed by atoms with van der Waals surface area (Å²) >= 11 is 0. The van der Waals surface area contributed by atoms with Crippen molar-refractivity contribution in [2.24, 2.45) is 58.2 Å². The van der Waals surface area contributed by atoms with Crippen molar-refractivity contribution in [1.29, 1.82) is 0 Å². The Hall–Kier alpha value is -0.650. The molecule has 33 heavy (non-hydrogen) atoms. The molecule has 0 spiro atoms. The highest BCUT2D eigenvalue weighted by Crippen LogP contribution is 2.68. The summed E-state index contributed by atoms with van der Waals surface area (Å²) in [6, 6.07) is 0. The van der Waals surface area contributed by atoms with Gasteiger partial charge in [-0.2, -0.15) is 0 Å². The maximum Gasteiger partial charge on any atom is 0.306 e. The number of carbonyl (C=O) groups is 1. The van der Waals surface area contributed by atoms with E-state index in [0.717, 1.165) is 51.4 Å². The predicted molar refractivity (Wildman–Crippen MR) is 128 cm³/mol. The second-order valence-corrected chi connectivity index (χ2v) is 13.3. The molecule has 5 heteroatoms. The van der Waals surface area contributed by atoms with Gasteiger partial charge in [0.2, 0.25) is 0 Å². The molecule has 4 saturated carbocycles. The van der Waals surface area contributed by atoms with Crippen molar-refractivity contribution in [3.8, 4) is 0 Å². The molecular weight excluding hydrogens is 416 g/mol. The van der Waals surface area contributed by atoms with Gasteiger partial charge in [0.1, 0.15) is 0 Å². The molecule has 4 N–H and O–H groups in total. The summed E-state index contributed by atoms with van der Waals surface area (Å²) in [6.07, 6.45) is 6.87. The lowest BCUT2D eigenvalue weighted by Gasteiger charge is -2.63.